The van der Waals surface area contributed by atoms with Gasteiger partial charge in [0.1, 0.15) is 0 Å². The summed E-state index contributed by atoms with van der Waals surface area (Å²) in [6.45, 7) is 6.68. The van der Waals surface area contributed by atoms with Crippen LogP contribution in [0, 0.1) is 5.92 Å². The summed E-state index contributed by atoms with van der Waals surface area (Å²) in [5.74, 6) is 1.17. The first-order chi connectivity index (χ1) is 14.1. The number of ether oxygens (including phenoxy) is 1. The molecule has 0 radical (unpaired) electrons. The molecule has 0 unspecified atom stereocenters. The Hall–Kier alpha value is -1.14. The van der Waals surface area contributed by atoms with Crippen LogP contribution >= 0.6 is 0 Å². The summed E-state index contributed by atoms with van der Waals surface area (Å²) >= 11 is 0. The molecule has 6 nitrogen and oxygen atoms in total. The third-order valence-electron chi connectivity index (χ3n) is 7.24. The zero-order valence-electron chi connectivity index (χ0n) is 18.4. The van der Waals surface area contributed by atoms with Crippen molar-refractivity contribution in [3.05, 3.63) is 0 Å². The zero-order valence-corrected chi connectivity index (χ0v) is 18.4. The molecule has 0 aromatic carbocycles. The normalized spacial score (nSPS) is 22.8. The molecule has 0 atom stereocenters. The lowest BCUT2D eigenvalue weighted by molar-refractivity contribution is -0.130. The molecule has 2 heterocycles. The highest BCUT2D eigenvalue weighted by Crippen LogP contribution is 2.27. The van der Waals surface area contributed by atoms with Crippen LogP contribution in [0.1, 0.15) is 77.6 Å². The number of hydrogen-bond acceptors (Lipinski definition) is 4. The first-order valence-electron chi connectivity index (χ1n) is 12.0. The van der Waals surface area contributed by atoms with Crippen molar-refractivity contribution in [1.29, 1.82) is 0 Å². The largest absolute Gasteiger partial charge is 0.381 e. The minimum Gasteiger partial charge on any atom is -0.381 e. The number of hydrogen-bond donors (Lipinski definition) is 1. The second-order valence-electron chi connectivity index (χ2n) is 9.21. The smallest absolute Gasteiger partial charge is 0.220 e. The molecule has 2 aliphatic heterocycles. The third-order valence-corrected chi connectivity index (χ3v) is 7.24. The molecular formula is C23H41N3O3. The Bertz CT molecular complexity index is 507. The topological polar surface area (TPSA) is 61.9 Å². The molecule has 3 aliphatic rings. The minimum atomic E-state index is 0.186. The average molecular weight is 408 g/mol. The van der Waals surface area contributed by atoms with Crippen molar-refractivity contribution in [2.24, 2.45) is 5.92 Å². The molecule has 29 heavy (non-hydrogen) atoms. The summed E-state index contributed by atoms with van der Waals surface area (Å²) < 4.78 is 5.57. The fraction of sp³-hybridized carbons (Fsp3) is 0.913. The quantitative estimate of drug-likeness (QED) is 0.672. The van der Waals surface area contributed by atoms with Gasteiger partial charge in [-0.15, -0.1) is 0 Å². The number of nitrogens with zero attached hydrogens (tertiary/aromatic N) is 2. The summed E-state index contributed by atoms with van der Waals surface area (Å²) in [5.41, 5.74) is 0. The van der Waals surface area contributed by atoms with E-state index in [0.717, 1.165) is 77.4 Å². The van der Waals surface area contributed by atoms with Crippen LogP contribution in [0.3, 0.4) is 0 Å². The summed E-state index contributed by atoms with van der Waals surface area (Å²) in [7, 11) is 0. The Morgan fingerprint density at radius 1 is 0.966 bits per heavy atom. The van der Waals surface area contributed by atoms with Crippen LogP contribution in [-0.4, -0.2) is 73.1 Å². The lowest BCUT2D eigenvalue weighted by atomic mass is 9.86. The highest BCUT2D eigenvalue weighted by molar-refractivity contribution is 5.75. The van der Waals surface area contributed by atoms with Gasteiger partial charge in [0.05, 0.1) is 0 Å². The van der Waals surface area contributed by atoms with Gasteiger partial charge in [-0.2, -0.15) is 0 Å². The Morgan fingerprint density at radius 3 is 2.28 bits per heavy atom. The molecule has 0 aromatic rings. The predicted octanol–water partition coefficient (Wildman–Crippen LogP) is 2.96. The highest BCUT2D eigenvalue weighted by Gasteiger charge is 2.31. The van der Waals surface area contributed by atoms with Gasteiger partial charge in [0.25, 0.3) is 0 Å². The van der Waals surface area contributed by atoms with Crippen LogP contribution in [0.25, 0.3) is 0 Å². The first-order valence-corrected chi connectivity index (χ1v) is 12.0. The van der Waals surface area contributed by atoms with Gasteiger partial charge in [0.2, 0.25) is 11.8 Å². The van der Waals surface area contributed by atoms with Gasteiger partial charge in [0, 0.05) is 64.8 Å². The van der Waals surface area contributed by atoms with Crippen molar-refractivity contribution < 1.29 is 14.3 Å². The Morgan fingerprint density at radius 2 is 1.62 bits per heavy atom. The number of piperidine rings is 1. The molecule has 1 aliphatic carbocycles. The maximum Gasteiger partial charge on any atom is 0.220 e. The fourth-order valence-corrected chi connectivity index (χ4v) is 5.42. The van der Waals surface area contributed by atoms with Gasteiger partial charge in [-0.05, 0) is 38.0 Å². The molecule has 0 spiro atoms. The lowest BCUT2D eigenvalue weighted by Gasteiger charge is -2.43. The number of nitrogens with one attached hydrogen (secondary N) is 1. The van der Waals surface area contributed by atoms with E-state index in [1.54, 1.807) is 6.92 Å². The standard InChI is InChI=1S/C23H41N3O3/c1-19(27)25-14-9-21(10-15-25)26(22-11-17-29-18-12-22)16-13-24-23(28)8-7-20-5-3-2-4-6-20/h20-22H,2-18H2,1H3,(H,24,28). The lowest BCUT2D eigenvalue weighted by Crippen LogP contribution is -2.53. The number of rotatable bonds is 8. The van der Waals surface area contributed by atoms with Crippen molar-refractivity contribution in [2.75, 3.05) is 39.4 Å². The van der Waals surface area contributed by atoms with Gasteiger partial charge in [-0.1, -0.05) is 32.1 Å². The molecule has 1 saturated carbocycles. The molecule has 0 bridgehead atoms. The van der Waals surface area contributed by atoms with Crippen LogP contribution in [0.4, 0.5) is 0 Å². The Kier molecular flexibility index (Phi) is 9.25. The molecular weight excluding hydrogens is 366 g/mol. The van der Waals surface area contributed by atoms with Crippen molar-refractivity contribution in [1.82, 2.24) is 15.1 Å². The molecule has 1 N–H and O–H groups in total. The van der Waals surface area contributed by atoms with Crippen molar-refractivity contribution in [3.8, 4) is 0 Å². The Balaban J connectivity index is 1.43. The van der Waals surface area contributed by atoms with Gasteiger partial charge >= 0.3 is 0 Å². The van der Waals surface area contributed by atoms with E-state index in [4.69, 9.17) is 4.74 Å². The van der Waals surface area contributed by atoms with E-state index in [-0.39, 0.29) is 11.8 Å². The number of carbonyl (C=O) groups excluding carboxylic acids is 2. The molecule has 166 valence electrons. The third kappa shape index (κ3) is 7.25. The highest BCUT2D eigenvalue weighted by atomic mass is 16.5. The molecule has 3 rings (SSSR count). The average Bonchev–Trinajstić information content (AvgIpc) is 2.77. The summed E-state index contributed by atoms with van der Waals surface area (Å²) in [4.78, 5) is 28.6. The van der Waals surface area contributed by atoms with Gasteiger partial charge in [0.15, 0.2) is 0 Å². The summed E-state index contributed by atoms with van der Waals surface area (Å²) in [5, 5.41) is 3.18. The van der Waals surface area contributed by atoms with E-state index >= 15 is 0 Å². The van der Waals surface area contributed by atoms with Crippen molar-refractivity contribution >= 4 is 11.8 Å². The van der Waals surface area contributed by atoms with E-state index in [2.05, 4.69) is 10.2 Å². The molecule has 6 heteroatoms. The summed E-state index contributed by atoms with van der Waals surface area (Å²) in [6, 6.07) is 1.05. The Labute approximate surface area is 176 Å². The fourth-order valence-electron chi connectivity index (χ4n) is 5.42. The monoisotopic (exact) mass is 407 g/mol. The van der Waals surface area contributed by atoms with E-state index in [1.807, 2.05) is 4.90 Å². The number of amides is 2. The number of carbonyl (C=O) groups is 2. The van der Waals surface area contributed by atoms with E-state index < -0.39 is 0 Å². The summed E-state index contributed by atoms with van der Waals surface area (Å²) in [6.07, 6.45) is 12.6. The molecule has 0 aromatic heterocycles. The second kappa shape index (κ2) is 11.9. The van der Waals surface area contributed by atoms with Gasteiger partial charge < -0.3 is 15.0 Å². The molecule has 2 amide bonds. The van der Waals surface area contributed by atoms with Crippen molar-refractivity contribution in [2.45, 2.75) is 89.6 Å². The molecule has 2 saturated heterocycles. The van der Waals surface area contributed by atoms with Gasteiger partial charge in [-0.25, -0.2) is 0 Å². The van der Waals surface area contributed by atoms with E-state index in [0.29, 0.717) is 18.5 Å². The predicted molar refractivity (Wildman–Crippen MR) is 115 cm³/mol. The first kappa shape index (κ1) is 22.5. The number of likely N-dealkylation sites (tertiary alicyclic amines) is 1. The minimum absolute atomic E-state index is 0.186. The van der Waals surface area contributed by atoms with E-state index in [9.17, 15) is 9.59 Å². The van der Waals surface area contributed by atoms with Crippen LogP contribution in [0.5, 0.6) is 0 Å². The van der Waals surface area contributed by atoms with Crippen LogP contribution in [-0.2, 0) is 14.3 Å². The second-order valence-corrected chi connectivity index (χ2v) is 9.21. The van der Waals surface area contributed by atoms with Crippen LogP contribution in [0.15, 0.2) is 0 Å². The molecule has 3 fully saturated rings. The SMILES string of the molecule is CC(=O)N1CCC(N(CCNC(=O)CCC2CCCCC2)C2CCOCC2)CC1. The van der Waals surface area contributed by atoms with Crippen LogP contribution in [0.2, 0.25) is 0 Å². The van der Waals surface area contributed by atoms with Crippen molar-refractivity contribution in [3.63, 3.8) is 0 Å². The maximum atomic E-state index is 12.3. The van der Waals surface area contributed by atoms with Gasteiger partial charge in [-0.3, -0.25) is 14.5 Å². The van der Waals surface area contributed by atoms with Crippen LogP contribution < -0.4 is 5.32 Å². The maximum absolute atomic E-state index is 12.3. The van der Waals surface area contributed by atoms with E-state index in [1.165, 1.54) is 32.1 Å². The zero-order chi connectivity index (χ0) is 20.5.